The maximum absolute atomic E-state index is 11.4. The van der Waals surface area contributed by atoms with Gasteiger partial charge in [-0.3, -0.25) is 24.0 Å². The number of ether oxygens (including phenoxy) is 8. The molecule has 9 N–H and O–H groups in total. The predicted molar refractivity (Wildman–Crippen MR) is 265 cm³/mol. The van der Waals surface area contributed by atoms with E-state index < -0.39 is 35.9 Å². The summed E-state index contributed by atoms with van der Waals surface area (Å²) in [5.41, 5.74) is 0.371. The number of aliphatic hydroxyl groups is 5. The third-order valence-electron chi connectivity index (χ3n) is 10.3. The van der Waals surface area contributed by atoms with Gasteiger partial charge in [0, 0.05) is 76.3 Å². The fourth-order valence-electron chi connectivity index (χ4n) is 5.42. The third kappa shape index (κ3) is 43.8. The van der Waals surface area contributed by atoms with E-state index in [1.807, 2.05) is 6.92 Å². The Hall–Kier alpha value is -3.49. The zero-order chi connectivity index (χ0) is 53.7. The highest BCUT2D eigenvalue weighted by Gasteiger charge is 2.30. The zero-order valence-corrected chi connectivity index (χ0v) is 43.6. The van der Waals surface area contributed by atoms with Gasteiger partial charge in [0.2, 0.25) is 23.6 Å². The number of carbonyl (C=O) groups is 5. The third-order valence-corrected chi connectivity index (χ3v) is 10.3. The minimum absolute atomic E-state index is 0.0324. The first kappa shape index (κ1) is 69.6. The van der Waals surface area contributed by atoms with Crippen molar-refractivity contribution in [2.75, 3.05) is 113 Å². The molecule has 5 atom stereocenters. The van der Waals surface area contributed by atoms with Crippen LogP contribution in [0.5, 0.6) is 0 Å². The number of allylic oxidation sites excluding steroid dienone is 1. The molecule has 0 aromatic carbocycles. The van der Waals surface area contributed by atoms with Gasteiger partial charge in [0.1, 0.15) is 20.2 Å². The largest absolute Gasteiger partial charge is 0.391 e. The van der Waals surface area contributed by atoms with Gasteiger partial charge in [0.05, 0.1) is 83.4 Å². The van der Waals surface area contributed by atoms with E-state index in [1.165, 1.54) is 0 Å². The first-order valence-electron chi connectivity index (χ1n) is 24.8. The molecule has 0 fully saturated rings. The van der Waals surface area contributed by atoms with Crippen LogP contribution >= 0.6 is 0 Å². The Bertz CT molecular complexity index is 1290. The minimum Gasteiger partial charge on any atom is -0.391 e. The highest BCUT2D eigenvalue weighted by molar-refractivity contribution is 5.94. The minimum atomic E-state index is -0.759. The summed E-state index contributed by atoms with van der Waals surface area (Å²) >= 11 is 0. The number of nitrogens with one attached hydrogen (secondary N) is 4. The van der Waals surface area contributed by atoms with Gasteiger partial charge in [0.25, 0.3) is 0 Å². The Labute approximate surface area is 422 Å². The zero-order valence-electron chi connectivity index (χ0n) is 43.6. The summed E-state index contributed by atoms with van der Waals surface area (Å²) in [5.74, 6) is -0.717. The lowest BCUT2D eigenvalue weighted by Crippen LogP contribution is -2.38. The standard InChI is InChI=1S/C30H59N3O12.C19H33NO6/c1-5-27(37)31-21-43-15-24(34)9-12-40-18-30(8-4,19-41-13-10-25(35)16-44-22-32-28(38)6-2)20-42-14-11-26(36)17-45-23-33-29(39)7-3;1-14(2)18(23)8-7-16(21)12-25-9-5-6-10-26-13-17(22)11-20-19(24)15(3)4/h24-26,34-36H,5-23H2,1-4H3,(H,31,37)(H,32,38)(H,33,39);16-17,21-22H,1,3,5-13H2,2,4H3,(H,20,24). The van der Waals surface area contributed by atoms with Gasteiger partial charge in [-0.15, -0.1) is 0 Å². The van der Waals surface area contributed by atoms with Crippen molar-refractivity contribution >= 4 is 29.4 Å². The molecule has 22 heteroatoms. The van der Waals surface area contributed by atoms with Gasteiger partial charge < -0.3 is 84.7 Å². The molecule has 0 bridgehead atoms. The van der Waals surface area contributed by atoms with Crippen LogP contribution in [0.3, 0.4) is 0 Å². The first-order chi connectivity index (χ1) is 33.8. The van der Waals surface area contributed by atoms with Crippen LogP contribution in [0.1, 0.15) is 112 Å². The molecule has 0 saturated carbocycles. The monoisotopic (exact) mass is 1020 g/mol. The summed E-state index contributed by atoms with van der Waals surface area (Å²) < 4.78 is 44.3. The van der Waals surface area contributed by atoms with E-state index in [2.05, 4.69) is 34.4 Å². The number of hydrogen-bond donors (Lipinski definition) is 9. The molecule has 0 rings (SSSR count). The lowest BCUT2D eigenvalue weighted by atomic mass is 9.88. The molecule has 0 heterocycles. The highest BCUT2D eigenvalue weighted by atomic mass is 16.5. The molecule has 0 aliphatic rings. The molecule has 0 radical (unpaired) electrons. The van der Waals surface area contributed by atoms with E-state index >= 15 is 0 Å². The number of ketones is 1. The van der Waals surface area contributed by atoms with Crippen molar-refractivity contribution in [1.82, 2.24) is 21.3 Å². The molecular weight excluding hydrogens is 933 g/mol. The van der Waals surface area contributed by atoms with Gasteiger partial charge in [-0.1, -0.05) is 40.9 Å². The molecule has 71 heavy (non-hydrogen) atoms. The number of amides is 4. The lowest BCUT2D eigenvalue weighted by Gasteiger charge is -2.32. The molecule has 4 amide bonds. The van der Waals surface area contributed by atoms with Crippen molar-refractivity contribution < 1.29 is 87.4 Å². The highest BCUT2D eigenvalue weighted by Crippen LogP contribution is 2.25. The van der Waals surface area contributed by atoms with Crippen molar-refractivity contribution in [3.8, 4) is 0 Å². The molecule has 0 saturated heterocycles. The van der Waals surface area contributed by atoms with Crippen LogP contribution < -0.4 is 21.3 Å². The Morgan fingerprint density at radius 2 is 0.817 bits per heavy atom. The van der Waals surface area contributed by atoms with Crippen LogP contribution in [0.4, 0.5) is 0 Å². The fraction of sp³-hybridized carbons (Fsp3) is 0.816. The Kier molecular flexibility index (Phi) is 45.4. The maximum atomic E-state index is 11.4. The van der Waals surface area contributed by atoms with E-state index in [-0.39, 0.29) is 135 Å². The van der Waals surface area contributed by atoms with Gasteiger partial charge >= 0.3 is 0 Å². The maximum Gasteiger partial charge on any atom is 0.246 e. The number of aliphatic hydroxyl groups excluding tert-OH is 5. The predicted octanol–water partition coefficient (Wildman–Crippen LogP) is 1.33. The van der Waals surface area contributed by atoms with Crippen molar-refractivity contribution in [2.24, 2.45) is 5.41 Å². The summed E-state index contributed by atoms with van der Waals surface area (Å²) in [6.07, 6.45) is 1.21. The Morgan fingerprint density at radius 1 is 0.465 bits per heavy atom. The topological polar surface area (TPSA) is 308 Å². The van der Waals surface area contributed by atoms with Gasteiger partial charge in [-0.05, 0) is 64.4 Å². The summed E-state index contributed by atoms with van der Waals surface area (Å²) in [6, 6.07) is 0. The summed E-state index contributed by atoms with van der Waals surface area (Å²) in [5, 5.41) is 60.1. The van der Waals surface area contributed by atoms with E-state index in [0.717, 1.165) is 12.8 Å². The van der Waals surface area contributed by atoms with Crippen molar-refractivity contribution in [2.45, 2.75) is 143 Å². The van der Waals surface area contributed by atoms with Crippen LogP contribution in [-0.2, 0) is 61.9 Å². The van der Waals surface area contributed by atoms with Crippen molar-refractivity contribution in [3.05, 3.63) is 24.3 Å². The molecule has 0 spiro atoms. The molecular formula is C49H92N4O18. The first-order valence-corrected chi connectivity index (χ1v) is 24.8. The average molecular weight is 1030 g/mol. The SMILES string of the molecule is C=C(C)C(=O)CCC(O)COCCCCOCC(O)CNC(=O)C(=C)C.CCC(=O)NCOCC(O)CCOCC(CC)(COCCC(O)COCNC(=O)CC)COCCC(O)COCNC(=O)CC. The second-order valence-electron chi connectivity index (χ2n) is 17.1. The van der Waals surface area contributed by atoms with Crippen LogP contribution in [0.15, 0.2) is 24.3 Å². The number of rotatable bonds is 47. The average Bonchev–Trinajstić information content (AvgIpc) is 3.35. The fourth-order valence-corrected chi connectivity index (χ4v) is 5.42. The number of unbranched alkanes of at least 4 members (excludes halogenated alkanes) is 1. The number of Topliss-reactive ketones (excluding diaryl/α,β-unsaturated/α-hetero) is 1. The second kappa shape index (κ2) is 46.3. The van der Waals surface area contributed by atoms with E-state index in [9.17, 15) is 49.5 Å². The normalized spacial score (nSPS) is 14.1. The Morgan fingerprint density at radius 3 is 1.15 bits per heavy atom. The van der Waals surface area contributed by atoms with Crippen LogP contribution in [0.25, 0.3) is 0 Å². The number of carbonyl (C=O) groups excluding carboxylic acids is 5. The van der Waals surface area contributed by atoms with Gasteiger partial charge in [0.15, 0.2) is 5.78 Å². The molecule has 416 valence electrons. The molecule has 5 unspecified atom stereocenters. The summed E-state index contributed by atoms with van der Waals surface area (Å²) in [4.78, 5) is 56.4. The quantitative estimate of drug-likeness (QED) is 0.0236. The molecule has 0 aromatic heterocycles. The van der Waals surface area contributed by atoms with Crippen LogP contribution in [-0.4, -0.2) is 198 Å². The van der Waals surface area contributed by atoms with E-state index in [4.69, 9.17) is 37.9 Å². The molecule has 22 nitrogen and oxygen atoms in total. The Balaban J connectivity index is 0. The smallest absolute Gasteiger partial charge is 0.246 e. The van der Waals surface area contributed by atoms with Gasteiger partial charge in [-0.2, -0.15) is 0 Å². The van der Waals surface area contributed by atoms with Crippen molar-refractivity contribution in [3.63, 3.8) is 0 Å². The van der Waals surface area contributed by atoms with Crippen molar-refractivity contribution in [1.29, 1.82) is 0 Å². The summed E-state index contributed by atoms with van der Waals surface area (Å²) in [6.45, 7) is 20.9. The van der Waals surface area contributed by atoms with Gasteiger partial charge in [-0.25, -0.2) is 0 Å². The molecule has 0 aliphatic carbocycles. The van der Waals surface area contributed by atoms with E-state index in [0.29, 0.717) is 75.7 Å². The second-order valence-corrected chi connectivity index (χ2v) is 17.1. The number of hydrogen-bond acceptors (Lipinski definition) is 18. The molecule has 0 aromatic rings. The lowest BCUT2D eigenvalue weighted by molar-refractivity contribution is -0.123. The van der Waals surface area contributed by atoms with E-state index in [1.54, 1.807) is 34.6 Å². The molecule has 0 aliphatic heterocycles. The summed E-state index contributed by atoms with van der Waals surface area (Å²) in [7, 11) is 0. The van der Waals surface area contributed by atoms with Crippen LogP contribution in [0.2, 0.25) is 0 Å². The van der Waals surface area contributed by atoms with Crippen LogP contribution in [0, 0.1) is 5.41 Å².